The molecule has 0 saturated carbocycles. The Hall–Kier alpha value is -12.9. The summed E-state index contributed by atoms with van der Waals surface area (Å²) >= 11 is 0. The normalized spacial score (nSPS) is 18.4. The van der Waals surface area contributed by atoms with Gasteiger partial charge < -0.3 is 83.7 Å². The van der Waals surface area contributed by atoms with Crippen LogP contribution in [0.1, 0.15) is 36.5 Å². The molecule has 6 aromatic carbocycles. The third-order valence-electron chi connectivity index (χ3n) is 23.6. The predicted molar refractivity (Wildman–Crippen MR) is 468 cm³/mol. The molecule has 124 heavy (non-hydrogen) atoms. The molecular weight excluding hydrogens is 1570 g/mol. The first-order valence-corrected chi connectivity index (χ1v) is 42.4. The molecule has 32 nitrogen and oxygen atoms in total. The first kappa shape index (κ1) is 84.7. The number of imidazole rings is 1. The smallest absolute Gasteiger partial charge is 0.251 e. The Balaban J connectivity index is 0.000000138. The average molecular weight is 1680 g/mol. The zero-order valence-electron chi connectivity index (χ0n) is 69.4. The molecule has 4 aromatic heterocycles. The minimum Gasteiger partial charge on any atom is -0.493 e. The topological polar surface area (TPSA) is 359 Å². The molecule has 12 heterocycles. The van der Waals surface area contributed by atoms with Crippen LogP contribution in [0.3, 0.4) is 0 Å². The number of aliphatic hydroxyl groups is 2. The molecule has 8 aliphatic heterocycles. The number of nitrogens with one attached hydrogen (secondary N) is 3. The Morgan fingerprint density at radius 1 is 0.484 bits per heavy atom. The van der Waals surface area contributed by atoms with Crippen LogP contribution in [-0.4, -0.2) is 281 Å². The molecule has 32 heteroatoms. The molecule has 5 N–H and O–H groups in total. The third kappa shape index (κ3) is 21.9. The van der Waals surface area contributed by atoms with E-state index in [4.69, 9.17) is 43.5 Å². The summed E-state index contributed by atoms with van der Waals surface area (Å²) in [5.74, 6) is 4.90. The van der Waals surface area contributed by atoms with Crippen molar-refractivity contribution in [2.24, 2.45) is 11.8 Å². The third-order valence-corrected chi connectivity index (χ3v) is 23.6. The van der Waals surface area contributed by atoms with Gasteiger partial charge in [-0.05, 0) is 165 Å². The van der Waals surface area contributed by atoms with Gasteiger partial charge in [-0.3, -0.25) is 24.3 Å². The van der Waals surface area contributed by atoms with Crippen molar-refractivity contribution in [1.29, 1.82) is 15.8 Å². The SMILES string of the molecule is C[C@H](O)C(=O)N1CC[C@H](COc2cc(C#N)cc(-c3nccc(Nc4ccc(N5CCN(C6COC6)CC5)cc4)n3)c2)C1.N#Cc1cc(-c2nccc(Nc3ccc(N4CCN(C5COC5)CC4)cc3)n2)ccc1OCCn1ccnc1.N#Cc1cc(OC[C@H]2CCN(C(=O)CO)C2)cc(-c2nccc(Nc3ccc(N4CCN(C5COC5)CC4)cc3)n2)c1. The number of benzene rings is 6. The van der Waals surface area contributed by atoms with E-state index >= 15 is 0 Å². The van der Waals surface area contributed by atoms with Crippen LogP contribution in [0.5, 0.6) is 17.2 Å². The van der Waals surface area contributed by atoms with Gasteiger partial charge in [0.1, 0.15) is 60.1 Å². The van der Waals surface area contributed by atoms with E-state index in [2.05, 4.69) is 161 Å². The molecule has 0 radical (unpaired) electrons. The minimum absolute atomic E-state index is 0.152. The summed E-state index contributed by atoms with van der Waals surface area (Å²) in [5, 5.41) is 57.7. The molecule has 0 spiro atoms. The van der Waals surface area contributed by atoms with Crippen LogP contribution in [0.25, 0.3) is 34.2 Å². The summed E-state index contributed by atoms with van der Waals surface area (Å²) in [6.45, 7) is 22.9. The van der Waals surface area contributed by atoms with Gasteiger partial charge in [0, 0.05) is 198 Å². The minimum atomic E-state index is -1.00. The highest BCUT2D eigenvalue weighted by molar-refractivity contribution is 5.80. The Kier molecular flexibility index (Phi) is 27.9. The highest BCUT2D eigenvalue weighted by Crippen LogP contribution is 2.34. The number of carbonyl (C=O) groups is 2. The zero-order chi connectivity index (χ0) is 85.1. The van der Waals surface area contributed by atoms with Gasteiger partial charge in [-0.25, -0.2) is 34.9 Å². The molecular formula is C92H102N22O10. The Morgan fingerprint density at radius 2 is 0.903 bits per heavy atom. The molecule has 3 atom stereocenters. The van der Waals surface area contributed by atoms with Gasteiger partial charge in [0.15, 0.2) is 17.5 Å². The number of aliphatic hydroxyl groups excluding tert-OH is 2. The first-order valence-electron chi connectivity index (χ1n) is 42.4. The van der Waals surface area contributed by atoms with Crippen LogP contribution in [0.4, 0.5) is 51.6 Å². The Labute approximate surface area is 720 Å². The number of likely N-dealkylation sites (tertiary alicyclic amines) is 2. The molecule has 8 aliphatic rings. The fourth-order valence-electron chi connectivity index (χ4n) is 16.2. The molecule has 0 unspecified atom stereocenters. The molecule has 0 aliphatic carbocycles. The average Bonchev–Trinajstić information content (AvgIpc) is 0.902. The fourth-order valence-corrected chi connectivity index (χ4v) is 16.2. The highest BCUT2D eigenvalue weighted by Gasteiger charge is 2.34. The summed E-state index contributed by atoms with van der Waals surface area (Å²) in [6, 6.07) is 55.1. The number of carbonyl (C=O) groups excluding carboxylic acids is 2. The number of amides is 2. The second-order valence-corrected chi connectivity index (χ2v) is 32.0. The van der Waals surface area contributed by atoms with Gasteiger partial charge in [0.2, 0.25) is 5.91 Å². The van der Waals surface area contributed by atoms with Crippen molar-refractivity contribution >= 4 is 63.4 Å². The van der Waals surface area contributed by atoms with Gasteiger partial charge in [-0.2, -0.15) is 15.8 Å². The number of aromatic nitrogens is 8. The second kappa shape index (κ2) is 40.8. The van der Waals surface area contributed by atoms with Crippen LogP contribution < -0.4 is 44.9 Å². The maximum Gasteiger partial charge on any atom is 0.251 e. The van der Waals surface area contributed by atoms with Crippen molar-refractivity contribution in [3.63, 3.8) is 0 Å². The van der Waals surface area contributed by atoms with E-state index in [1.165, 1.54) is 24.0 Å². The lowest BCUT2D eigenvalue weighted by molar-refractivity contribution is -0.138. The number of piperazine rings is 3. The van der Waals surface area contributed by atoms with Gasteiger partial charge in [-0.1, -0.05) is 0 Å². The van der Waals surface area contributed by atoms with Crippen LogP contribution in [-0.2, 0) is 30.3 Å². The lowest BCUT2D eigenvalue weighted by atomic mass is 10.1. The number of anilines is 9. The molecule has 2 amide bonds. The van der Waals surface area contributed by atoms with E-state index in [-0.39, 0.29) is 23.7 Å². The summed E-state index contributed by atoms with van der Waals surface area (Å²) < 4.78 is 35.9. The summed E-state index contributed by atoms with van der Waals surface area (Å²) in [5.41, 5.74) is 9.89. The lowest BCUT2D eigenvalue weighted by Gasteiger charge is -2.43. The first-order chi connectivity index (χ1) is 60.8. The Morgan fingerprint density at radius 3 is 1.28 bits per heavy atom. The van der Waals surface area contributed by atoms with E-state index < -0.39 is 12.7 Å². The van der Waals surface area contributed by atoms with Gasteiger partial charge in [0.25, 0.3) is 5.91 Å². The quantitative estimate of drug-likeness (QED) is 0.0320. The molecule has 0 bridgehead atoms. The molecule has 640 valence electrons. The number of ether oxygens (including phenoxy) is 6. The number of hydrogen-bond donors (Lipinski definition) is 5. The zero-order valence-corrected chi connectivity index (χ0v) is 69.4. The van der Waals surface area contributed by atoms with Gasteiger partial charge in [0.05, 0.1) is 113 Å². The number of rotatable bonds is 27. The summed E-state index contributed by atoms with van der Waals surface area (Å²) in [7, 11) is 0. The largest absolute Gasteiger partial charge is 0.493 e. The van der Waals surface area contributed by atoms with Crippen molar-refractivity contribution < 1.29 is 48.2 Å². The van der Waals surface area contributed by atoms with Gasteiger partial charge >= 0.3 is 0 Å². The number of nitrogens with zero attached hydrogens (tertiary/aromatic N) is 19. The standard InChI is InChI=1S/C32H37N7O4.C31H35N7O4.C29H30N8O2/c1-22(40)32(41)39-9-7-23(18-39)19-43-29-15-24(17-33)14-25(16-29)31-34-8-6-30(36-31)35-26-2-4-27(5-3-26)37-10-12-38(13-11-37)28-20-42-21-28;32-16-23-13-24(15-28(14-23)42-19-22-6-8-38(17-22)30(40)18-39)31-33-7-5-29(35-31)34-25-1-3-26(4-2-25)36-9-11-37(12-10-36)27-20-41-21-27;30-18-23-17-22(1-6-27(23)39-16-15-35-10-9-31-21-35)29-32-8-7-28(34-29)33-24-2-4-25(5-3-24)36-11-13-37(14-12-36)26-19-38-20-26/h2-6,8,14-16,22-23,28,40H,7,9-13,18-21H2,1H3,(H,34,35,36);1-5,7,13-15,22,27,39H,6,8-12,17-21H2,(H,33,34,35);1-10,17,21,26H,11-16,19-20H2,(H,32,33,34)/t22-,23-;22-;/m00./s1. The van der Waals surface area contributed by atoms with Crippen LogP contribution >= 0.6 is 0 Å². The van der Waals surface area contributed by atoms with E-state index in [1.54, 1.807) is 77.3 Å². The fraction of sp³-hybridized carbons (Fsp3) is 0.391. The molecule has 8 fully saturated rings. The van der Waals surface area contributed by atoms with E-state index in [1.807, 2.05) is 47.2 Å². The van der Waals surface area contributed by atoms with Crippen LogP contribution in [0.15, 0.2) is 183 Å². The summed E-state index contributed by atoms with van der Waals surface area (Å²) in [6.07, 6.45) is 11.0. The van der Waals surface area contributed by atoms with E-state index in [0.717, 1.165) is 154 Å². The lowest BCUT2D eigenvalue weighted by Crippen LogP contribution is -2.56. The maximum absolute atomic E-state index is 12.1. The van der Waals surface area contributed by atoms with Crippen molar-refractivity contribution in [2.45, 2.75) is 50.5 Å². The summed E-state index contributed by atoms with van der Waals surface area (Å²) in [4.78, 5) is 73.4. The van der Waals surface area contributed by atoms with Crippen LogP contribution in [0.2, 0.25) is 0 Å². The molecule has 8 saturated heterocycles. The maximum atomic E-state index is 12.1. The predicted octanol–water partition coefficient (Wildman–Crippen LogP) is 8.94. The Bertz CT molecular complexity index is 5370. The molecule has 18 rings (SSSR count). The van der Waals surface area contributed by atoms with E-state index in [0.29, 0.717) is 151 Å². The van der Waals surface area contributed by atoms with Crippen molar-refractivity contribution in [3.8, 4) is 69.6 Å². The van der Waals surface area contributed by atoms with Crippen LogP contribution in [0, 0.1) is 45.8 Å². The van der Waals surface area contributed by atoms with Crippen molar-refractivity contribution in [1.82, 2.24) is 64.0 Å². The highest BCUT2D eigenvalue weighted by atomic mass is 16.5. The van der Waals surface area contributed by atoms with Crippen molar-refractivity contribution in [3.05, 3.63) is 200 Å². The molecule has 10 aromatic rings. The monoisotopic (exact) mass is 1670 g/mol. The number of hydrogen-bond acceptors (Lipinski definition) is 29. The number of nitriles is 3. The van der Waals surface area contributed by atoms with E-state index in [9.17, 15) is 30.5 Å². The van der Waals surface area contributed by atoms with Crippen molar-refractivity contribution in [2.75, 3.05) is 201 Å². The van der Waals surface area contributed by atoms with Gasteiger partial charge in [-0.15, -0.1) is 0 Å². The second-order valence-electron chi connectivity index (χ2n) is 32.0.